The number of rotatable bonds is 4. The van der Waals surface area contributed by atoms with Crippen LogP contribution in [0.3, 0.4) is 0 Å². The van der Waals surface area contributed by atoms with Crippen LogP contribution < -0.4 is 4.74 Å². The lowest BCUT2D eigenvalue weighted by Crippen LogP contribution is -2.07. The van der Waals surface area contributed by atoms with Crippen LogP contribution in [-0.4, -0.2) is 11.9 Å². The van der Waals surface area contributed by atoms with Gasteiger partial charge in [-0.05, 0) is 51.0 Å². The predicted octanol–water partition coefficient (Wildman–Crippen LogP) is 3.24. The Hall–Kier alpha value is -1.31. The molecule has 0 aliphatic heterocycles. The predicted molar refractivity (Wildman–Crippen MR) is 61.6 cm³/mol. The summed E-state index contributed by atoms with van der Waals surface area (Å²) in [6.45, 7) is 7.62. The second-order valence-corrected chi connectivity index (χ2v) is 3.90. The minimum absolute atomic E-state index is 0.114. The first-order valence-electron chi connectivity index (χ1n) is 5.35. The molecule has 0 saturated heterocycles. The third-order valence-corrected chi connectivity index (χ3v) is 2.21. The monoisotopic (exact) mass is 206 g/mol. The molecule has 1 rings (SSSR count). The standard InChI is InChI=1S/C13H18O2/c1-5-11-8-12(15-9(2)3)6-7-13(11)10(4)14/h6-9H,5H2,1-4H3. The highest BCUT2D eigenvalue weighted by Gasteiger charge is 2.07. The van der Waals surface area contributed by atoms with Crippen molar-refractivity contribution in [1.82, 2.24) is 0 Å². The molecule has 0 amide bonds. The van der Waals surface area contributed by atoms with Crippen molar-refractivity contribution in [3.63, 3.8) is 0 Å². The van der Waals surface area contributed by atoms with Gasteiger partial charge in [-0.2, -0.15) is 0 Å². The zero-order valence-electron chi connectivity index (χ0n) is 9.83. The molecular weight excluding hydrogens is 188 g/mol. The maximum atomic E-state index is 11.3. The number of Topliss-reactive ketones (excluding diaryl/α,β-unsaturated/α-hetero) is 1. The van der Waals surface area contributed by atoms with E-state index < -0.39 is 0 Å². The molecule has 0 radical (unpaired) electrons. The van der Waals surface area contributed by atoms with Crippen molar-refractivity contribution in [2.24, 2.45) is 0 Å². The summed E-state index contributed by atoms with van der Waals surface area (Å²) in [5.74, 6) is 0.954. The molecule has 0 aromatic heterocycles. The summed E-state index contributed by atoms with van der Waals surface area (Å²) in [6.07, 6.45) is 1.02. The van der Waals surface area contributed by atoms with Crippen molar-refractivity contribution >= 4 is 5.78 Å². The number of aryl methyl sites for hydroxylation is 1. The zero-order chi connectivity index (χ0) is 11.4. The molecule has 0 heterocycles. The maximum absolute atomic E-state index is 11.3. The third-order valence-electron chi connectivity index (χ3n) is 2.21. The van der Waals surface area contributed by atoms with E-state index in [-0.39, 0.29) is 11.9 Å². The molecule has 0 aliphatic carbocycles. The number of benzene rings is 1. The van der Waals surface area contributed by atoms with E-state index in [1.807, 2.05) is 39.0 Å². The quantitative estimate of drug-likeness (QED) is 0.707. The van der Waals surface area contributed by atoms with Crippen LogP contribution in [0, 0.1) is 0 Å². The first kappa shape index (κ1) is 11.8. The lowest BCUT2D eigenvalue weighted by atomic mass is 10.0. The van der Waals surface area contributed by atoms with Crippen LogP contribution in [0.2, 0.25) is 0 Å². The zero-order valence-corrected chi connectivity index (χ0v) is 9.83. The highest BCUT2D eigenvalue weighted by molar-refractivity contribution is 5.95. The van der Waals surface area contributed by atoms with Gasteiger partial charge in [0.25, 0.3) is 0 Å². The molecule has 1 aromatic carbocycles. The number of carbonyl (C=O) groups excluding carboxylic acids is 1. The molecule has 0 bridgehead atoms. The number of ketones is 1. The van der Waals surface area contributed by atoms with E-state index in [9.17, 15) is 4.79 Å². The van der Waals surface area contributed by atoms with Crippen molar-refractivity contribution < 1.29 is 9.53 Å². The Morgan fingerprint density at radius 3 is 2.53 bits per heavy atom. The molecule has 0 N–H and O–H groups in total. The second-order valence-electron chi connectivity index (χ2n) is 3.90. The highest BCUT2D eigenvalue weighted by Crippen LogP contribution is 2.20. The van der Waals surface area contributed by atoms with Crippen LogP contribution in [0.25, 0.3) is 0 Å². The Morgan fingerprint density at radius 2 is 2.07 bits per heavy atom. The normalized spacial score (nSPS) is 10.5. The molecule has 15 heavy (non-hydrogen) atoms. The van der Waals surface area contributed by atoms with Gasteiger partial charge in [0.2, 0.25) is 0 Å². The average Bonchev–Trinajstić information content (AvgIpc) is 2.16. The van der Waals surface area contributed by atoms with Gasteiger partial charge < -0.3 is 4.74 Å². The Morgan fingerprint density at radius 1 is 1.40 bits per heavy atom. The van der Waals surface area contributed by atoms with Crippen molar-refractivity contribution in [3.8, 4) is 5.75 Å². The lowest BCUT2D eigenvalue weighted by Gasteiger charge is -2.12. The molecule has 0 fully saturated rings. The SMILES string of the molecule is CCc1cc(OC(C)C)ccc1C(C)=O. The van der Waals surface area contributed by atoms with E-state index in [1.54, 1.807) is 6.92 Å². The first-order valence-corrected chi connectivity index (χ1v) is 5.35. The fourth-order valence-corrected chi connectivity index (χ4v) is 1.55. The van der Waals surface area contributed by atoms with Gasteiger partial charge in [0.15, 0.2) is 5.78 Å². The number of hydrogen-bond acceptors (Lipinski definition) is 2. The molecule has 2 heteroatoms. The van der Waals surface area contributed by atoms with Crippen molar-refractivity contribution in [1.29, 1.82) is 0 Å². The van der Waals surface area contributed by atoms with Gasteiger partial charge >= 0.3 is 0 Å². The third kappa shape index (κ3) is 3.08. The molecular formula is C13H18O2. The van der Waals surface area contributed by atoms with Crippen LogP contribution >= 0.6 is 0 Å². The van der Waals surface area contributed by atoms with Gasteiger partial charge in [0.05, 0.1) is 6.10 Å². The van der Waals surface area contributed by atoms with Crippen LogP contribution in [0.4, 0.5) is 0 Å². The molecule has 0 saturated carbocycles. The van der Waals surface area contributed by atoms with Gasteiger partial charge in [-0.1, -0.05) is 6.92 Å². The number of ether oxygens (including phenoxy) is 1. The lowest BCUT2D eigenvalue weighted by molar-refractivity contribution is 0.101. The van der Waals surface area contributed by atoms with Gasteiger partial charge in [-0.15, -0.1) is 0 Å². The van der Waals surface area contributed by atoms with E-state index in [0.29, 0.717) is 0 Å². The average molecular weight is 206 g/mol. The summed E-state index contributed by atoms with van der Waals surface area (Å²) < 4.78 is 5.58. The molecule has 0 unspecified atom stereocenters. The van der Waals surface area contributed by atoms with Crippen LogP contribution in [0.15, 0.2) is 18.2 Å². The summed E-state index contributed by atoms with van der Waals surface area (Å²) in [5, 5.41) is 0. The van der Waals surface area contributed by atoms with Crippen LogP contribution in [0.1, 0.15) is 43.6 Å². The van der Waals surface area contributed by atoms with Crippen LogP contribution in [-0.2, 0) is 6.42 Å². The van der Waals surface area contributed by atoms with Gasteiger partial charge in [-0.3, -0.25) is 4.79 Å². The van der Waals surface area contributed by atoms with Gasteiger partial charge in [0.1, 0.15) is 5.75 Å². The molecule has 1 aromatic rings. The Kier molecular flexibility index (Phi) is 3.89. The highest BCUT2D eigenvalue weighted by atomic mass is 16.5. The fraction of sp³-hybridized carbons (Fsp3) is 0.462. The van der Waals surface area contributed by atoms with E-state index in [1.165, 1.54) is 0 Å². The van der Waals surface area contributed by atoms with E-state index in [2.05, 4.69) is 0 Å². The topological polar surface area (TPSA) is 26.3 Å². The summed E-state index contributed by atoms with van der Waals surface area (Å²) in [5.41, 5.74) is 1.86. The summed E-state index contributed by atoms with van der Waals surface area (Å²) in [7, 11) is 0. The number of hydrogen-bond donors (Lipinski definition) is 0. The second kappa shape index (κ2) is 4.96. The largest absolute Gasteiger partial charge is 0.491 e. The van der Waals surface area contributed by atoms with Gasteiger partial charge in [0, 0.05) is 5.56 Å². The summed E-state index contributed by atoms with van der Waals surface area (Å²) >= 11 is 0. The van der Waals surface area contributed by atoms with Crippen LogP contribution in [0.5, 0.6) is 5.75 Å². The van der Waals surface area contributed by atoms with E-state index >= 15 is 0 Å². The van der Waals surface area contributed by atoms with Crippen molar-refractivity contribution in [2.75, 3.05) is 0 Å². The molecule has 0 spiro atoms. The fourth-order valence-electron chi connectivity index (χ4n) is 1.55. The summed E-state index contributed by atoms with van der Waals surface area (Å²) in [6, 6.07) is 5.66. The molecule has 82 valence electrons. The Labute approximate surface area is 91.3 Å². The van der Waals surface area contributed by atoms with Gasteiger partial charge in [-0.25, -0.2) is 0 Å². The molecule has 0 aliphatic rings. The van der Waals surface area contributed by atoms with E-state index in [4.69, 9.17) is 4.74 Å². The van der Waals surface area contributed by atoms with Crippen molar-refractivity contribution in [3.05, 3.63) is 29.3 Å². The Bertz CT molecular complexity index is 354. The number of carbonyl (C=O) groups is 1. The molecule has 2 nitrogen and oxygen atoms in total. The first-order chi connectivity index (χ1) is 7.04. The summed E-state index contributed by atoms with van der Waals surface area (Å²) in [4.78, 5) is 11.3. The Balaban J connectivity index is 3.02. The smallest absolute Gasteiger partial charge is 0.160 e. The minimum atomic E-state index is 0.114. The maximum Gasteiger partial charge on any atom is 0.160 e. The van der Waals surface area contributed by atoms with E-state index in [0.717, 1.165) is 23.3 Å². The van der Waals surface area contributed by atoms with Crippen molar-refractivity contribution in [2.45, 2.75) is 40.2 Å². The minimum Gasteiger partial charge on any atom is -0.491 e. The molecule has 0 atom stereocenters.